The first-order chi connectivity index (χ1) is 12.9. The Kier molecular flexibility index (Phi) is 4.57. The molecule has 0 heterocycles. The van der Waals surface area contributed by atoms with Crippen molar-refractivity contribution < 1.29 is 19.4 Å². The Balaban J connectivity index is 1.88. The smallest absolute Gasteiger partial charge is 0.315 e. The molecule has 4 heteroatoms. The highest BCUT2D eigenvalue weighted by Crippen LogP contribution is 2.79. The molecule has 0 radical (unpaired) electrons. The summed E-state index contributed by atoms with van der Waals surface area (Å²) in [6, 6.07) is 0. The average Bonchev–Trinajstić information content (AvgIpc) is 3.19. The van der Waals surface area contributed by atoms with Gasteiger partial charge in [-0.3, -0.25) is 4.79 Å². The fourth-order valence-electron chi connectivity index (χ4n) is 8.00. The summed E-state index contributed by atoms with van der Waals surface area (Å²) in [5, 5.41) is 10.7. The Hall–Kier alpha value is -1.16. The van der Waals surface area contributed by atoms with E-state index in [0.29, 0.717) is 25.0 Å². The zero-order valence-corrected chi connectivity index (χ0v) is 17.2. The first kappa shape index (κ1) is 19.2. The zero-order chi connectivity index (χ0) is 19.6. The lowest BCUT2D eigenvalue weighted by Crippen LogP contribution is -2.58. The van der Waals surface area contributed by atoms with Gasteiger partial charge in [-0.1, -0.05) is 34.1 Å². The maximum atomic E-state index is 13.0. The lowest BCUT2D eigenvalue weighted by Gasteiger charge is -2.54. The molecular weight excluding hydrogens is 340 g/mol. The van der Waals surface area contributed by atoms with E-state index < -0.39 is 16.8 Å². The van der Waals surface area contributed by atoms with Crippen LogP contribution >= 0.6 is 0 Å². The molecule has 0 aromatic heterocycles. The van der Waals surface area contributed by atoms with Gasteiger partial charge in [-0.05, 0) is 72.3 Å². The minimum Gasteiger partial charge on any atom is -0.481 e. The van der Waals surface area contributed by atoms with Crippen LogP contribution < -0.4 is 0 Å². The number of aldehydes is 1. The van der Waals surface area contributed by atoms with Crippen LogP contribution in [0.3, 0.4) is 0 Å². The molecule has 4 aliphatic carbocycles. The van der Waals surface area contributed by atoms with E-state index in [0.717, 1.165) is 44.0 Å². The third-order valence-electron chi connectivity index (χ3n) is 8.65. The third kappa shape index (κ3) is 2.14. The van der Waals surface area contributed by atoms with E-state index in [2.05, 4.69) is 27.7 Å². The molecular formula is C23H34O4. The van der Waals surface area contributed by atoms with E-state index in [-0.39, 0.29) is 23.7 Å². The van der Waals surface area contributed by atoms with Crippen molar-refractivity contribution in [1.29, 1.82) is 0 Å². The fourth-order valence-corrected chi connectivity index (χ4v) is 8.00. The van der Waals surface area contributed by atoms with Crippen molar-refractivity contribution in [2.75, 3.05) is 13.2 Å². The van der Waals surface area contributed by atoms with Crippen LogP contribution in [0.2, 0.25) is 0 Å². The first-order valence-electron chi connectivity index (χ1n) is 10.9. The van der Waals surface area contributed by atoms with E-state index >= 15 is 0 Å². The molecule has 0 aromatic carbocycles. The van der Waals surface area contributed by atoms with Crippen molar-refractivity contribution >= 4 is 12.3 Å². The normalized spacial score (nSPS) is 44.9. The van der Waals surface area contributed by atoms with Crippen LogP contribution in [-0.2, 0) is 14.3 Å². The Labute approximate surface area is 162 Å². The fraction of sp³-hybridized carbons (Fsp3) is 0.826. The van der Waals surface area contributed by atoms with E-state index in [4.69, 9.17) is 4.74 Å². The summed E-state index contributed by atoms with van der Waals surface area (Å²) in [7, 11) is 0. The first-order valence-corrected chi connectivity index (χ1v) is 10.9. The molecule has 150 valence electrons. The van der Waals surface area contributed by atoms with E-state index in [1.807, 2.05) is 0 Å². The summed E-state index contributed by atoms with van der Waals surface area (Å²) in [4.78, 5) is 25.7. The van der Waals surface area contributed by atoms with Gasteiger partial charge in [0.25, 0.3) is 0 Å². The molecule has 0 saturated heterocycles. The van der Waals surface area contributed by atoms with Crippen LogP contribution in [0.4, 0.5) is 0 Å². The Morgan fingerprint density at radius 1 is 1.33 bits per heavy atom. The van der Waals surface area contributed by atoms with Crippen LogP contribution in [0.15, 0.2) is 11.1 Å². The monoisotopic (exact) mass is 374 g/mol. The lowest BCUT2D eigenvalue weighted by atomic mass is 9.47. The molecule has 4 nitrogen and oxygen atoms in total. The second kappa shape index (κ2) is 6.43. The molecule has 7 atom stereocenters. The van der Waals surface area contributed by atoms with Crippen molar-refractivity contribution in [2.45, 2.75) is 59.8 Å². The largest absolute Gasteiger partial charge is 0.481 e. The summed E-state index contributed by atoms with van der Waals surface area (Å²) in [6.07, 6.45) is 5.88. The summed E-state index contributed by atoms with van der Waals surface area (Å²) in [5.41, 5.74) is 0.549. The van der Waals surface area contributed by atoms with Gasteiger partial charge < -0.3 is 14.6 Å². The van der Waals surface area contributed by atoms with Gasteiger partial charge in [0.15, 0.2) is 0 Å². The van der Waals surface area contributed by atoms with Crippen LogP contribution in [0.1, 0.15) is 59.8 Å². The average molecular weight is 375 g/mol. The topological polar surface area (TPSA) is 63.6 Å². The molecule has 4 bridgehead atoms. The number of hydrogen-bond acceptors (Lipinski definition) is 3. The van der Waals surface area contributed by atoms with Gasteiger partial charge in [-0.15, -0.1) is 0 Å². The molecule has 0 aromatic rings. The highest BCUT2D eigenvalue weighted by molar-refractivity contribution is 5.90. The van der Waals surface area contributed by atoms with Crippen LogP contribution in [0.25, 0.3) is 0 Å². The maximum Gasteiger partial charge on any atom is 0.315 e. The van der Waals surface area contributed by atoms with Gasteiger partial charge >= 0.3 is 5.97 Å². The highest BCUT2D eigenvalue weighted by atomic mass is 16.5. The van der Waals surface area contributed by atoms with Crippen LogP contribution in [0.5, 0.6) is 0 Å². The van der Waals surface area contributed by atoms with E-state index in [9.17, 15) is 14.7 Å². The van der Waals surface area contributed by atoms with Crippen molar-refractivity contribution in [3.05, 3.63) is 11.1 Å². The minimum atomic E-state index is -0.996. The van der Waals surface area contributed by atoms with Gasteiger partial charge in [0, 0.05) is 12.0 Å². The number of aliphatic carboxylic acids is 1. The lowest BCUT2D eigenvalue weighted by molar-refractivity contribution is -0.169. The van der Waals surface area contributed by atoms with Gasteiger partial charge in [0.1, 0.15) is 11.7 Å². The Morgan fingerprint density at radius 2 is 2.07 bits per heavy atom. The standard InChI is InChI=1S/C23H34O4/c1-5-8-27-11-17-16-10-22(12-24)18-7-6-14(4)15(18)9-19(16)23(22,21(25)26)20(17)13(2)3/h12-16,18-19H,5-11H2,1-4H3,(H,25,26)/t14-,15-,16-,18-,19-,22+,23-/m1/s1. The van der Waals surface area contributed by atoms with Crippen LogP contribution in [-0.4, -0.2) is 30.6 Å². The summed E-state index contributed by atoms with van der Waals surface area (Å²) in [6.45, 7) is 9.83. The molecule has 4 rings (SSSR count). The van der Waals surface area contributed by atoms with Gasteiger partial charge in [-0.25, -0.2) is 0 Å². The SMILES string of the molecule is CCCOCC1=C(C(C)C)[C@@]2(C(=O)O)[C@@H]3C[C@@H]4[C@H](C)CC[C@H]4[C@@]2(C=O)C[C@H]13. The number of carboxylic acids is 1. The van der Waals surface area contributed by atoms with Gasteiger partial charge in [-0.2, -0.15) is 0 Å². The number of hydrogen-bond donors (Lipinski definition) is 1. The van der Waals surface area contributed by atoms with E-state index in [1.165, 1.54) is 5.57 Å². The number of carbonyl (C=O) groups is 2. The van der Waals surface area contributed by atoms with Crippen LogP contribution in [0, 0.1) is 46.3 Å². The third-order valence-corrected chi connectivity index (χ3v) is 8.65. The predicted octanol–water partition coefficient (Wildman–Crippen LogP) is 4.34. The van der Waals surface area contributed by atoms with Crippen molar-refractivity contribution in [2.24, 2.45) is 46.3 Å². The summed E-state index contributed by atoms with van der Waals surface area (Å²) in [5.74, 6) is 0.982. The quantitative estimate of drug-likeness (QED) is 0.409. The second-order valence-electron chi connectivity index (χ2n) is 9.90. The molecule has 3 fully saturated rings. The van der Waals surface area contributed by atoms with Gasteiger partial charge in [0.05, 0.1) is 6.61 Å². The summed E-state index contributed by atoms with van der Waals surface area (Å²) >= 11 is 0. The molecule has 4 aliphatic rings. The molecule has 0 amide bonds. The number of carboxylic acid groups (broad SMARTS) is 1. The predicted molar refractivity (Wildman–Crippen MR) is 103 cm³/mol. The van der Waals surface area contributed by atoms with E-state index in [1.54, 1.807) is 0 Å². The maximum absolute atomic E-state index is 13.0. The van der Waals surface area contributed by atoms with Crippen molar-refractivity contribution in [3.63, 3.8) is 0 Å². The second-order valence-corrected chi connectivity index (χ2v) is 9.90. The zero-order valence-electron chi connectivity index (χ0n) is 17.2. The number of ether oxygens (including phenoxy) is 1. The molecule has 0 spiro atoms. The molecule has 1 N–H and O–H groups in total. The van der Waals surface area contributed by atoms with Crippen molar-refractivity contribution in [1.82, 2.24) is 0 Å². The molecule has 27 heavy (non-hydrogen) atoms. The number of fused-ring (bicyclic) bond motifs is 2. The number of carbonyl (C=O) groups excluding carboxylic acids is 1. The Morgan fingerprint density at radius 3 is 2.67 bits per heavy atom. The highest BCUT2D eigenvalue weighted by Gasteiger charge is 2.79. The number of rotatable bonds is 7. The van der Waals surface area contributed by atoms with Crippen molar-refractivity contribution in [3.8, 4) is 0 Å². The Bertz CT molecular complexity index is 680. The van der Waals surface area contributed by atoms with Gasteiger partial charge in [0.2, 0.25) is 0 Å². The molecule has 0 unspecified atom stereocenters. The minimum absolute atomic E-state index is 0.0691. The molecule has 0 aliphatic heterocycles. The summed E-state index contributed by atoms with van der Waals surface area (Å²) < 4.78 is 5.92. The molecule has 3 saturated carbocycles.